The predicted octanol–water partition coefficient (Wildman–Crippen LogP) is 2.09. The molecule has 2 aliphatic rings. The van der Waals surface area contributed by atoms with E-state index < -0.39 is 0 Å². The summed E-state index contributed by atoms with van der Waals surface area (Å²) in [6.45, 7) is 3.32. The average Bonchev–Trinajstić information content (AvgIpc) is 2.68. The van der Waals surface area contributed by atoms with Gasteiger partial charge < -0.3 is 19.7 Å². The molecule has 1 saturated carbocycles. The molecule has 1 aliphatic carbocycles. The van der Waals surface area contributed by atoms with E-state index in [-0.39, 0.29) is 12.1 Å². The molecule has 7 nitrogen and oxygen atoms in total. The summed E-state index contributed by atoms with van der Waals surface area (Å²) in [5.74, 6) is 0.204. The zero-order chi connectivity index (χ0) is 18.5. The highest BCUT2D eigenvalue weighted by Gasteiger charge is 2.33. The van der Waals surface area contributed by atoms with Crippen LogP contribution in [0.1, 0.15) is 54.6 Å². The lowest BCUT2D eigenvalue weighted by molar-refractivity contribution is 0.0527. The Hall–Kier alpha value is -1.73. The maximum absolute atomic E-state index is 12.1. The number of carbonyl (C=O) groups excluding carboxylic acids is 1. The Morgan fingerprint density at radius 1 is 1.19 bits per heavy atom. The number of esters is 1. The Morgan fingerprint density at radius 2 is 1.96 bits per heavy atom. The first-order valence-electron chi connectivity index (χ1n) is 9.58. The van der Waals surface area contributed by atoms with E-state index in [4.69, 9.17) is 9.47 Å². The van der Waals surface area contributed by atoms with Gasteiger partial charge in [-0.3, -0.25) is 0 Å². The molecule has 2 heterocycles. The first-order chi connectivity index (χ1) is 12.6. The van der Waals surface area contributed by atoms with Crippen LogP contribution in [0, 0.1) is 6.92 Å². The Morgan fingerprint density at radius 3 is 2.65 bits per heavy atom. The van der Waals surface area contributed by atoms with Crippen LogP contribution in [0.4, 0.5) is 5.82 Å². The Balaban J connectivity index is 1.71. The largest absolute Gasteiger partial charge is 0.465 e. The minimum atomic E-state index is -0.380. The van der Waals surface area contributed by atoms with Gasteiger partial charge in [0.15, 0.2) is 5.82 Å². The highest BCUT2D eigenvalue weighted by molar-refractivity contribution is 5.94. The van der Waals surface area contributed by atoms with Gasteiger partial charge >= 0.3 is 5.97 Å². The van der Waals surface area contributed by atoms with Gasteiger partial charge in [0.1, 0.15) is 5.56 Å². The monoisotopic (exact) mass is 362 g/mol. The van der Waals surface area contributed by atoms with E-state index in [0.29, 0.717) is 35.7 Å². The number of hydrogen-bond acceptors (Lipinski definition) is 7. The van der Waals surface area contributed by atoms with Gasteiger partial charge in [-0.1, -0.05) is 19.3 Å². The number of aromatic nitrogens is 2. The van der Waals surface area contributed by atoms with Crippen LogP contribution >= 0.6 is 0 Å². The van der Waals surface area contributed by atoms with Crippen molar-refractivity contribution in [3.05, 3.63) is 17.3 Å². The first kappa shape index (κ1) is 19.0. The third-order valence-corrected chi connectivity index (χ3v) is 5.52. The van der Waals surface area contributed by atoms with Crippen molar-refractivity contribution in [2.75, 3.05) is 32.2 Å². The summed E-state index contributed by atoms with van der Waals surface area (Å²) in [6, 6.07) is 2.67. The van der Waals surface area contributed by atoms with Crippen molar-refractivity contribution in [3.63, 3.8) is 0 Å². The minimum Gasteiger partial charge on any atom is -0.465 e. The highest BCUT2D eigenvalue weighted by atomic mass is 16.5. The second kappa shape index (κ2) is 8.77. The zero-order valence-corrected chi connectivity index (χ0v) is 16.0. The second-order valence-electron chi connectivity index (χ2n) is 7.33. The van der Waals surface area contributed by atoms with E-state index in [2.05, 4.69) is 20.4 Å². The average molecular weight is 362 g/mol. The van der Waals surface area contributed by atoms with Crippen LogP contribution in [-0.2, 0) is 9.47 Å². The lowest BCUT2D eigenvalue weighted by Gasteiger charge is -2.41. The van der Waals surface area contributed by atoms with Crippen LogP contribution in [0.5, 0.6) is 0 Å². The number of ether oxygens (including phenoxy) is 2. The van der Waals surface area contributed by atoms with Crippen LogP contribution in [0.3, 0.4) is 0 Å². The smallest absolute Gasteiger partial charge is 0.341 e. The third kappa shape index (κ3) is 4.32. The van der Waals surface area contributed by atoms with Crippen LogP contribution in [0.25, 0.3) is 0 Å². The van der Waals surface area contributed by atoms with Crippen molar-refractivity contribution in [1.82, 2.24) is 15.5 Å². The van der Waals surface area contributed by atoms with Crippen LogP contribution in [0.15, 0.2) is 6.07 Å². The molecule has 2 atom stereocenters. The van der Waals surface area contributed by atoms with Crippen molar-refractivity contribution < 1.29 is 14.3 Å². The molecule has 2 fully saturated rings. The molecule has 144 valence electrons. The number of carbonyl (C=O) groups is 1. The van der Waals surface area contributed by atoms with Gasteiger partial charge in [-0.15, -0.1) is 5.10 Å². The quantitative estimate of drug-likeness (QED) is 0.804. The molecule has 3 rings (SSSR count). The standard InChI is InChI=1S/C19H30N4O3/c1-13-11-15(19(24)26-3)18(22-21-13)23-10-9-16(17(12-23)25-2)20-14-7-5-4-6-8-14/h11,14,16-17,20H,4-10,12H2,1-3H3. The SMILES string of the molecule is COC(=O)c1cc(C)nnc1N1CCC(NC2CCCCC2)C(OC)C1. The van der Waals surface area contributed by atoms with E-state index in [9.17, 15) is 4.79 Å². The number of piperidine rings is 1. The molecule has 1 aromatic heterocycles. The normalized spacial score (nSPS) is 24.5. The number of nitrogens with one attached hydrogen (secondary N) is 1. The molecule has 2 unspecified atom stereocenters. The first-order valence-corrected chi connectivity index (χ1v) is 9.58. The number of nitrogens with zero attached hydrogens (tertiary/aromatic N) is 3. The molecular weight excluding hydrogens is 332 g/mol. The number of methoxy groups -OCH3 is 2. The third-order valence-electron chi connectivity index (χ3n) is 5.52. The summed E-state index contributed by atoms with van der Waals surface area (Å²) in [5, 5.41) is 12.2. The van der Waals surface area contributed by atoms with Crippen molar-refractivity contribution >= 4 is 11.8 Å². The molecule has 0 aromatic carbocycles. The van der Waals surface area contributed by atoms with E-state index in [1.54, 1.807) is 13.2 Å². The number of rotatable bonds is 5. The van der Waals surface area contributed by atoms with Crippen molar-refractivity contribution in [2.45, 2.75) is 63.6 Å². The van der Waals surface area contributed by atoms with Crippen LogP contribution in [0.2, 0.25) is 0 Å². The summed E-state index contributed by atoms with van der Waals surface area (Å²) >= 11 is 0. The number of hydrogen-bond donors (Lipinski definition) is 1. The Kier molecular flexibility index (Phi) is 6.43. The summed E-state index contributed by atoms with van der Waals surface area (Å²) in [6.07, 6.45) is 7.50. The molecule has 1 saturated heterocycles. The molecule has 26 heavy (non-hydrogen) atoms. The maximum atomic E-state index is 12.1. The van der Waals surface area contributed by atoms with E-state index in [1.165, 1.54) is 39.2 Å². The summed E-state index contributed by atoms with van der Waals surface area (Å²) in [7, 11) is 3.14. The molecule has 0 spiro atoms. The van der Waals surface area contributed by atoms with Crippen molar-refractivity contribution in [1.29, 1.82) is 0 Å². The summed E-state index contributed by atoms with van der Waals surface area (Å²) < 4.78 is 10.7. The fraction of sp³-hybridized carbons (Fsp3) is 0.737. The molecule has 1 N–H and O–H groups in total. The summed E-state index contributed by atoms with van der Waals surface area (Å²) in [4.78, 5) is 14.2. The molecule has 0 bridgehead atoms. The summed E-state index contributed by atoms with van der Waals surface area (Å²) in [5.41, 5.74) is 1.17. The molecule has 7 heteroatoms. The number of anilines is 1. The van der Waals surface area contributed by atoms with Crippen LogP contribution < -0.4 is 10.2 Å². The lowest BCUT2D eigenvalue weighted by Crippen LogP contribution is -2.56. The highest BCUT2D eigenvalue weighted by Crippen LogP contribution is 2.25. The van der Waals surface area contributed by atoms with Crippen molar-refractivity contribution in [2.24, 2.45) is 0 Å². The molecule has 1 aliphatic heterocycles. The number of aryl methyl sites for hydroxylation is 1. The predicted molar refractivity (Wildman–Crippen MR) is 99.5 cm³/mol. The Labute approximate surface area is 155 Å². The van der Waals surface area contributed by atoms with Crippen LogP contribution in [-0.4, -0.2) is 61.7 Å². The van der Waals surface area contributed by atoms with Gasteiger partial charge in [-0.05, 0) is 32.3 Å². The van der Waals surface area contributed by atoms with Gasteiger partial charge in [0.05, 0.1) is 18.9 Å². The molecule has 0 radical (unpaired) electrons. The van der Waals surface area contributed by atoms with E-state index in [1.807, 2.05) is 6.92 Å². The molecule has 1 aromatic rings. The van der Waals surface area contributed by atoms with E-state index >= 15 is 0 Å². The van der Waals surface area contributed by atoms with Gasteiger partial charge in [0, 0.05) is 32.3 Å². The molecular formula is C19H30N4O3. The maximum Gasteiger partial charge on any atom is 0.341 e. The Bertz CT molecular complexity index is 619. The minimum absolute atomic E-state index is 0.0549. The van der Waals surface area contributed by atoms with Crippen molar-refractivity contribution in [3.8, 4) is 0 Å². The fourth-order valence-electron chi connectivity index (χ4n) is 4.09. The lowest BCUT2D eigenvalue weighted by atomic mass is 9.92. The van der Waals surface area contributed by atoms with Gasteiger partial charge in [0.2, 0.25) is 0 Å². The fourth-order valence-corrected chi connectivity index (χ4v) is 4.09. The van der Waals surface area contributed by atoms with Gasteiger partial charge in [-0.2, -0.15) is 5.10 Å². The van der Waals surface area contributed by atoms with Gasteiger partial charge in [0.25, 0.3) is 0 Å². The molecule has 0 amide bonds. The van der Waals surface area contributed by atoms with Gasteiger partial charge in [-0.25, -0.2) is 4.79 Å². The topological polar surface area (TPSA) is 76.6 Å². The zero-order valence-electron chi connectivity index (χ0n) is 16.0. The second-order valence-corrected chi connectivity index (χ2v) is 7.33. The van der Waals surface area contributed by atoms with E-state index in [0.717, 1.165) is 13.0 Å².